The fraction of sp³-hybridized carbons (Fsp3) is 0.348. The second-order valence-corrected chi connectivity index (χ2v) is 8.76. The molecule has 8 nitrogen and oxygen atoms in total. The summed E-state index contributed by atoms with van der Waals surface area (Å²) in [6, 6.07) is 15.3. The summed E-state index contributed by atoms with van der Waals surface area (Å²) in [5.41, 5.74) is 3.49. The number of tetrazole rings is 1. The molecule has 0 aliphatic carbocycles. The molecule has 0 saturated carbocycles. The van der Waals surface area contributed by atoms with Gasteiger partial charge in [-0.1, -0.05) is 49.4 Å². The topological polar surface area (TPSA) is 93.0 Å². The molecule has 1 N–H and O–H groups in total. The minimum Gasteiger partial charge on any atom is -0.324 e. The number of para-hydroxylation sites is 2. The number of amides is 2. The molecule has 2 heterocycles. The summed E-state index contributed by atoms with van der Waals surface area (Å²) in [6.45, 7) is 4.06. The molecule has 1 atom stereocenters. The van der Waals surface area contributed by atoms with Crippen LogP contribution in [0.3, 0.4) is 0 Å². The van der Waals surface area contributed by atoms with Gasteiger partial charge < -0.3 is 10.2 Å². The highest BCUT2D eigenvalue weighted by Gasteiger charge is 2.29. The number of benzene rings is 2. The molecule has 2 aromatic carbocycles. The predicted molar refractivity (Wildman–Crippen MR) is 125 cm³/mol. The number of nitrogens with one attached hydrogen (secondary N) is 1. The van der Waals surface area contributed by atoms with Gasteiger partial charge in [-0.15, -0.1) is 5.10 Å². The van der Waals surface area contributed by atoms with E-state index in [2.05, 4.69) is 39.9 Å². The van der Waals surface area contributed by atoms with E-state index in [4.69, 9.17) is 0 Å². The van der Waals surface area contributed by atoms with Crippen LogP contribution in [0, 0.1) is 0 Å². The summed E-state index contributed by atoms with van der Waals surface area (Å²) in [5, 5.41) is 15.4. The van der Waals surface area contributed by atoms with E-state index in [1.165, 1.54) is 17.3 Å². The van der Waals surface area contributed by atoms with Crippen LogP contribution in [0.4, 0.5) is 11.4 Å². The molecule has 0 bridgehead atoms. The van der Waals surface area contributed by atoms with Gasteiger partial charge in [0.2, 0.25) is 17.0 Å². The number of fused-ring (bicyclic) bond motifs is 1. The maximum atomic E-state index is 13.2. The van der Waals surface area contributed by atoms with Crippen LogP contribution in [0.15, 0.2) is 53.7 Å². The fourth-order valence-electron chi connectivity index (χ4n) is 3.78. The Morgan fingerprint density at radius 2 is 1.97 bits per heavy atom. The molecule has 0 radical (unpaired) electrons. The third kappa shape index (κ3) is 4.83. The number of anilines is 2. The number of hydrogen-bond acceptors (Lipinski definition) is 6. The third-order valence-corrected chi connectivity index (χ3v) is 6.30. The highest BCUT2D eigenvalue weighted by Crippen LogP contribution is 2.32. The van der Waals surface area contributed by atoms with Crippen LogP contribution in [0.1, 0.15) is 38.7 Å². The average molecular weight is 451 g/mol. The molecule has 0 fully saturated rings. The molecule has 166 valence electrons. The van der Waals surface area contributed by atoms with Gasteiger partial charge >= 0.3 is 0 Å². The van der Waals surface area contributed by atoms with Gasteiger partial charge in [-0.25, -0.2) is 0 Å². The zero-order valence-electron chi connectivity index (χ0n) is 18.2. The van der Waals surface area contributed by atoms with Crippen LogP contribution >= 0.6 is 11.8 Å². The Bertz CT molecular complexity index is 1100. The maximum Gasteiger partial charge on any atom is 0.237 e. The lowest BCUT2D eigenvalue weighted by atomic mass is 10.1. The Hall–Kier alpha value is -3.20. The monoisotopic (exact) mass is 450 g/mol. The molecule has 3 aromatic rings. The van der Waals surface area contributed by atoms with Crippen LogP contribution in [0.5, 0.6) is 0 Å². The van der Waals surface area contributed by atoms with Crippen LogP contribution in [-0.2, 0) is 16.0 Å². The Morgan fingerprint density at radius 3 is 2.75 bits per heavy atom. The van der Waals surface area contributed by atoms with E-state index in [1.807, 2.05) is 43.3 Å². The lowest BCUT2D eigenvalue weighted by molar-refractivity contribution is -0.117. The molecule has 1 unspecified atom stereocenters. The number of rotatable bonds is 7. The molecule has 0 saturated heterocycles. The number of aryl methyl sites for hydroxylation is 1. The lowest BCUT2D eigenvalue weighted by Crippen LogP contribution is -2.40. The van der Waals surface area contributed by atoms with Gasteiger partial charge in [0.1, 0.15) is 0 Å². The van der Waals surface area contributed by atoms with Gasteiger partial charge in [-0.05, 0) is 60.0 Å². The van der Waals surface area contributed by atoms with E-state index in [9.17, 15) is 9.59 Å². The summed E-state index contributed by atoms with van der Waals surface area (Å²) >= 11 is 1.28. The molecule has 4 rings (SSSR count). The highest BCUT2D eigenvalue weighted by molar-refractivity contribution is 7.99. The van der Waals surface area contributed by atoms with Crippen molar-refractivity contribution >= 4 is 35.0 Å². The zero-order valence-corrected chi connectivity index (χ0v) is 19.0. The number of aromatic nitrogens is 4. The lowest BCUT2D eigenvalue weighted by Gasteiger charge is -2.27. The minimum atomic E-state index is -0.251. The van der Waals surface area contributed by atoms with Crippen molar-refractivity contribution in [3.05, 3.63) is 54.1 Å². The maximum absolute atomic E-state index is 13.2. The van der Waals surface area contributed by atoms with Crippen molar-refractivity contribution in [2.45, 2.75) is 50.7 Å². The van der Waals surface area contributed by atoms with Gasteiger partial charge in [-0.3, -0.25) is 9.59 Å². The zero-order chi connectivity index (χ0) is 22.5. The number of carbonyl (C=O) groups excluding carboxylic acids is 2. The third-order valence-electron chi connectivity index (χ3n) is 5.39. The second-order valence-electron chi connectivity index (χ2n) is 7.81. The van der Waals surface area contributed by atoms with Crippen molar-refractivity contribution < 1.29 is 9.59 Å². The largest absolute Gasteiger partial charge is 0.324 e. The van der Waals surface area contributed by atoms with Crippen molar-refractivity contribution in [3.8, 4) is 5.69 Å². The molecule has 1 aromatic heterocycles. The summed E-state index contributed by atoms with van der Waals surface area (Å²) in [5.74, 6) is -0.0444. The number of unbranched alkanes of at least 4 members (excludes halogenated alkanes) is 1. The van der Waals surface area contributed by atoms with Crippen molar-refractivity contribution in [2.24, 2.45) is 0 Å². The van der Waals surface area contributed by atoms with E-state index < -0.39 is 0 Å². The Kier molecular flexibility index (Phi) is 6.84. The molecule has 32 heavy (non-hydrogen) atoms. The number of carbonyl (C=O) groups is 2. The van der Waals surface area contributed by atoms with E-state index in [1.54, 1.807) is 9.58 Å². The first-order valence-corrected chi connectivity index (χ1v) is 11.8. The van der Waals surface area contributed by atoms with Crippen LogP contribution in [0.25, 0.3) is 5.69 Å². The fourth-order valence-corrected chi connectivity index (χ4v) is 4.53. The quantitative estimate of drug-likeness (QED) is 0.550. The van der Waals surface area contributed by atoms with Crippen LogP contribution in [0.2, 0.25) is 0 Å². The predicted octanol–water partition coefficient (Wildman–Crippen LogP) is 3.86. The molecular formula is C23H26N6O2S. The Balaban J connectivity index is 1.48. The first-order valence-electron chi connectivity index (χ1n) is 10.8. The van der Waals surface area contributed by atoms with E-state index in [0.717, 1.165) is 24.9 Å². The molecule has 1 aliphatic rings. The van der Waals surface area contributed by atoms with Gasteiger partial charge in [-0.2, -0.15) is 4.68 Å². The Morgan fingerprint density at radius 1 is 1.19 bits per heavy atom. The van der Waals surface area contributed by atoms with E-state index in [-0.39, 0.29) is 30.0 Å². The first-order chi connectivity index (χ1) is 15.6. The summed E-state index contributed by atoms with van der Waals surface area (Å²) < 4.78 is 1.65. The standard InChI is InChI=1S/C23H26N6O2S/c1-3-4-7-17-10-12-18(13-11-17)29-23(25-26-27-29)32-15-22(31)28-16(2)14-21(30)24-19-8-5-6-9-20(19)28/h5-6,8-13,16H,3-4,7,14-15H2,1-2H3,(H,24,30). The normalized spacial score (nSPS) is 15.8. The second kappa shape index (κ2) is 9.95. The van der Waals surface area contributed by atoms with Gasteiger partial charge in [0.15, 0.2) is 0 Å². The van der Waals surface area contributed by atoms with E-state index >= 15 is 0 Å². The first kappa shape index (κ1) is 22.0. The highest BCUT2D eigenvalue weighted by atomic mass is 32.2. The number of nitrogens with zero attached hydrogens (tertiary/aromatic N) is 5. The molecular weight excluding hydrogens is 424 g/mol. The van der Waals surface area contributed by atoms with Gasteiger partial charge in [0, 0.05) is 12.5 Å². The molecule has 0 spiro atoms. The minimum absolute atomic E-state index is 0.0979. The SMILES string of the molecule is CCCCc1ccc(-n2nnnc2SCC(=O)N2c3ccccc3NC(=O)CC2C)cc1. The summed E-state index contributed by atoms with van der Waals surface area (Å²) in [6.07, 6.45) is 3.61. The van der Waals surface area contributed by atoms with Crippen molar-refractivity contribution in [2.75, 3.05) is 16.0 Å². The average Bonchev–Trinajstić information content (AvgIpc) is 3.21. The van der Waals surface area contributed by atoms with Crippen molar-refractivity contribution in [3.63, 3.8) is 0 Å². The van der Waals surface area contributed by atoms with Crippen molar-refractivity contribution in [1.29, 1.82) is 0 Å². The van der Waals surface area contributed by atoms with Gasteiger partial charge in [0.05, 0.1) is 22.8 Å². The molecule has 2 amide bonds. The number of thioether (sulfide) groups is 1. The van der Waals surface area contributed by atoms with Crippen molar-refractivity contribution in [1.82, 2.24) is 20.2 Å². The number of hydrogen-bond donors (Lipinski definition) is 1. The molecule has 9 heteroatoms. The van der Waals surface area contributed by atoms with Gasteiger partial charge in [0.25, 0.3) is 0 Å². The summed E-state index contributed by atoms with van der Waals surface area (Å²) in [7, 11) is 0. The summed E-state index contributed by atoms with van der Waals surface area (Å²) in [4.78, 5) is 27.1. The molecule has 1 aliphatic heterocycles. The van der Waals surface area contributed by atoms with Crippen LogP contribution in [-0.4, -0.2) is 43.8 Å². The smallest absolute Gasteiger partial charge is 0.237 e. The van der Waals surface area contributed by atoms with Crippen LogP contribution < -0.4 is 10.2 Å². The Labute approximate surface area is 191 Å². The van der Waals surface area contributed by atoms with E-state index in [0.29, 0.717) is 16.5 Å².